The molecule has 2 N–H and O–H groups in total. The molecule has 1 amide bonds. The van der Waals surface area contributed by atoms with Crippen molar-refractivity contribution < 1.29 is 14.6 Å². The number of rotatable bonds is 2. The zero-order valence-electron chi connectivity index (χ0n) is 6.38. The maximum Gasteiger partial charge on any atom is 0.409 e. The number of aliphatic hydroxyl groups excluding tert-OH is 1. The third kappa shape index (κ3) is 2.76. The topological polar surface area (TPSA) is 58.6 Å². The van der Waals surface area contributed by atoms with E-state index in [-0.39, 0.29) is 6.04 Å². The van der Waals surface area contributed by atoms with Gasteiger partial charge in [-0.05, 0) is 12.8 Å². The van der Waals surface area contributed by atoms with Gasteiger partial charge in [-0.2, -0.15) is 0 Å². The van der Waals surface area contributed by atoms with Crippen LogP contribution in [0.1, 0.15) is 25.7 Å². The molecule has 0 aromatic carbocycles. The smallest absolute Gasteiger partial charge is 0.409 e. The molecule has 0 aliphatic heterocycles. The summed E-state index contributed by atoms with van der Waals surface area (Å²) in [4.78, 5) is 10.7. The summed E-state index contributed by atoms with van der Waals surface area (Å²) < 4.78 is 4.31. The first kappa shape index (κ1) is 8.33. The van der Waals surface area contributed by atoms with E-state index < -0.39 is 12.9 Å². The van der Waals surface area contributed by atoms with Gasteiger partial charge in [0.15, 0.2) is 6.79 Å². The van der Waals surface area contributed by atoms with Crippen LogP contribution >= 0.6 is 0 Å². The minimum Gasteiger partial charge on any atom is -0.423 e. The lowest BCUT2D eigenvalue weighted by molar-refractivity contribution is 0.0427. The quantitative estimate of drug-likeness (QED) is 0.580. The van der Waals surface area contributed by atoms with E-state index in [0.29, 0.717) is 0 Å². The fourth-order valence-electron chi connectivity index (χ4n) is 1.34. The Morgan fingerprint density at radius 3 is 2.73 bits per heavy atom. The molecule has 0 saturated heterocycles. The number of aliphatic hydroxyl groups is 1. The van der Waals surface area contributed by atoms with E-state index in [4.69, 9.17) is 5.11 Å². The average molecular weight is 159 g/mol. The van der Waals surface area contributed by atoms with Crippen molar-refractivity contribution in [3.8, 4) is 0 Å². The lowest BCUT2D eigenvalue weighted by atomic mass is 10.3. The van der Waals surface area contributed by atoms with Crippen molar-refractivity contribution in [1.29, 1.82) is 0 Å². The van der Waals surface area contributed by atoms with Crippen LogP contribution in [0.15, 0.2) is 0 Å². The van der Waals surface area contributed by atoms with Crippen molar-refractivity contribution in [2.45, 2.75) is 31.7 Å². The molecule has 4 nitrogen and oxygen atoms in total. The summed E-state index contributed by atoms with van der Waals surface area (Å²) in [6.07, 6.45) is 3.88. The number of hydrogen-bond acceptors (Lipinski definition) is 3. The van der Waals surface area contributed by atoms with E-state index in [1.165, 1.54) is 12.8 Å². The molecule has 1 fully saturated rings. The highest BCUT2D eigenvalue weighted by molar-refractivity contribution is 5.67. The van der Waals surface area contributed by atoms with E-state index in [2.05, 4.69) is 10.1 Å². The van der Waals surface area contributed by atoms with Crippen molar-refractivity contribution in [3.05, 3.63) is 0 Å². The first-order valence-corrected chi connectivity index (χ1v) is 3.87. The highest BCUT2D eigenvalue weighted by Crippen LogP contribution is 2.17. The second kappa shape index (κ2) is 4.18. The Balaban J connectivity index is 2.13. The average Bonchev–Trinajstić information content (AvgIpc) is 2.40. The van der Waals surface area contributed by atoms with Crippen LogP contribution in [0.25, 0.3) is 0 Å². The highest BCUT2D eigenvalue weighted by Gasteiger charge is 2.17. The maximum absolute atomic E-state index is 10.7. The fourth-order valence-corrected chi connectivity index (χ4v) is 1.34. The third-order valence-electron chi connectivity index (χ3n) is 1.87. The second-order valence-electron chi connectivity index (χ2n) is 2.69. The van der Waals surface area contributed by atoms with Gasteiger partial charge in [0, 0.05) is 6.04 Å². The molecule has 0 radical (unpaired) electrons. The summed E-state index contributed by atoms with van der Waals surface area (Å²) in [6, 6.07) is 0.258. The molecule has 1 aliphatic rings. The van der Waals surface area contributed by atoms with Crippen molar-refractivity contribution in [3.63, 3.8) is 0 Å². The summed E-state index contributed by atoms with van der Waals surface area (Å²) in [6.45, 7) is -0.543. The lowest BCUT2D eigenvalue weighted by Crippen LogP contribution is -2.33. The Hall–Kier alpha value is -0.770. The summed E-state index contributed by atoms with van der Waals surface area (Å²) >= 11 is 0. The summed E-state index contributed by atoms with van der Waals surface area (Å²) in [5, 5.41) is 10.9. The van der Waals surface area contributed by atoms with Gasteiger partial charge in [0.1, 0.15) is 0 Å². The molecule has 0 atom stereocenters. The van der Waals surface area contributed by atoms with Crippen molar-refractivity contribution >= 4 is 6.09 Å². The number of carbonyl (C=O) groups is 1. The molecule has 64 valence electrons. The lowest BCUT2D eigenvalue weighted by Gasteiger charge is -2.10. The first-order valence-electron chi connectivity index (χ1n) is 3.87. The Morgan fingerprint density at radius 2 is 2.18 bits per heavy atom. The monoisotopic (exact) mass is 159 g/mol. The van der Waals surface area contributed by atoms with Crippen LogP contribution < -0.4 is 5.32 Å². The van der Waals surface area contributed by atoms with Crippen LogP contribution in [0, 0.1) is 0 Å². The number of amides is 1. The Bertz CT molecular complexity index is 132. The molecule has 1 saturated carbocycles. The molecule has 0 heterocycles. The van der Waals surface area contributed by atoms with Gasteiger partial charge in [-0.1, -0.05) is 12.8 Å². The number of ether oxygens (including phenoxy) is 1. The van der Waals surface area contributed by atoms with E-state index in [9.17, 15) is 4.79 Å². The summed E-state index contributed by atoms with van der Waals surface area (Å²) in [7, 11) is 0. The SMILES string of the molecule is O=C(NC1CCCC1)OCO. The Labute approximate surface area is 65.5 Å². The minimum absolute atomic E-state index is 0.258. The van der Waals surface area contributed by atoms with Crippen LogP contribution in [0.2, 0.25) is 0 Å². The van der Waals surface area contributed by atoms with Gasteiger partial charge in [0.05, 0.1) is 0 Å². The zero-order valence-corrected chi connectivity index (χ0v) is 6.38. The minimum atomic E-state index is -0.543. The van der Waals surface area contributed by atoms with Crippen LogP contribution in [0.4, 0.5) is 4.79 Å². The van der Waals surface area contributed by atoms with Gasteiger partial charge >= 0.3 is 6.09 Å². The van der Waals surface area contributed by atoms with Gasteiger partial charge in [-0.25, -0.2) is 4.79 Å². The van der Waals surface area contributed by atoms with Gasteiger partial charge in [0.2, 0.25) is 0 Å². The largest absolute Gasteiger partial charge is 0.423 e. The second-order valence-corrected chi connectivity index (χ2v) is 2.69. The molecule has 1 rings (SSSR count). The molecule has 4 heteroatoms. The molecule has 0 aromatic rings. The molecular formula is C7H13NO3. The standard InChI is InChI=1S/C7H13NO3/c9-5-11-7(10)8-6-3-1-2-4-6/h6,9H,1-5H2,(H,8,10). The number of alkyl carbamates (subject to hydrolysis) is 1. The fraction of sp³-hybridized carbons (Fsp3) is 0.857. The molecule has 1 aliphatic carbocycles. The number of nitrogens with one attached hydrogen (secondary N) is 1. The number of hydrogen-bond donors (Lipinski definition) is 2. The van der Waals surface area contributed by atoms with Gasteiger partial charge in [0.25, 0.3) is 0 Å². The van der Waals surface area contributed by atoms with Gasteiger partial charge < -0.3 is 15.2 Å². The molecule has 0 bridgehead atoms. The molecule has 11 heavy (non-hydrogen) atoms. The van der Waals surface area contributed by atoms with E-state index in [1.807, 2.05) is 0 Å². The van der Waals surface area contributed by atoms with Crippen molar-refractivity contribution in [1.82, 2.24) is 5.32 Å². The van der Waals surface area contributed by atoms with Gasteiger partial charge in [-0.15, -0.1) is 0 Å². The molecule has 0 spiro atoms. The Morgan fingerprint density at radius 1 is 1.55 bits per heavy atom. The van der Waals surface area contributed by atoms with Crippen LogP contribution in [0.5, 0.6) is 0 Å². The highest BCUT2D eigenvalue weighted by atomic mass is 16.6. The molecular weight excluding hydrogens is 146 g/mol. The van der Waals surface area contributed by atoms with Crippen LogP contribution in [0.3, 0.4) is 0 Å². The van der Waals surface area contributed by atoms with E-state index in [1.54, 1.807) is 0 Å². The Kier molecular flexibility index (Phi) is 3.16. The number of carbonyl (C=O) groups excluding carboxylic acids is 1. The normalized spacial score (nSPS) is 18.3. The maximum atomic E-state index is 10.7. The predicted molar refractivity (Wildman–Crippen MR) is 39.0 cm³/mol. The van der Waals surface area contributed by atoms with Crippen molar-refractivity contribution in [2.24, 2.45) is 0 Å². The first-order chi connectivity index (χ1) is 5.33. The third-order valence-corrected chi connectivity index (χ3v) is 1.87. The predicted octanol–water partition coefficient (Wildman–Crippen LogP) is 0.605. The van der Waals surface area contributed by atoms with E-state index in [0.717, 1.165) is 12.8 Å². The zero-order chi connectivity index (χ0) is 8.10. The van der Waals surface area contributed by atoms with Crippen LogP contribution in [-0.4, -0.2) is 24.0 Å². The molecule has 0 aromatic heterocycles. The van der Waals surface area contributed by atoms with Crippen molar-refractivity contribution in [2.75, 3.05) is 6.79 Å². The van der Waals surface area contributed by atoms with Crippen LogP contribution in [-0.2, 0) is 4.74 Å². The van der Waals surface area contributed by atoms with E-state index >= 15 is 0 Å². The summed E-state index contributed by atoms with van der Waals surface area (Å²) in [5.41, 5.74) is 0. The van der Waals surface area contributed by atoms with Gasteiger partial charge in [-0.3, -0.25) is 0 Å². The summed E-state index contributed by atoms with van der Waals surface area (Å²) in [5.74, 6) is 0. The molecule has 0 unspecified atom stereocenters.